The van der Waals surface area contributed by atoms with Crippen LogP contribution < -0.4 is 25.0 Å². The lowest BCUT2D eigenvalue weighted by Gasteiger charge is -2.15. The van der Waals surface area contributed by atoms with Crippen molar-refractivity contribution in [3.8, 4) is 17.2 Å². The van der Waals surface area contributed by atoms with Gasteiger partial charge in [0.15, 0.2) is 17.3 Å². The Morgan fingerprint density at radius 1 is 0.914 bits per heavy atom. The molecule has 2 aromatic carbocycles. The van der Waals surface area contributed by atoms with Gasteiger partial charge in [-0.3, -0.25) is 19.4 Å². The molecule has 0 atom stereocenters. The molecule has 9 heteroatoms. The van der Waals surface area contributed by atoms with E-state index in [2.05, 4.69) is 10.3 Å². The number of nitrogens with one attached hydrogen (secondary N) is 1. The number of anilines is 1. The van der Waals surface area contributed by atoms with Crippen LogP contribution in [-0.4, -0.2) is 42.6 Å². The minimum atomic E-state index is -0.462. The van der Waals surface area contributed by atoms with Gasteiger partial charge >= 0.3 is 0 Å². The number of pyridine rings is 2. The predicted molar refractivity (Wildman–Crippen MR) is 131 cm³/mol. The summed E-state index contributed by atoms with van der Waals surface area (Å²) in [6.45, 7) is -0.145. The molecule has 1 N–H and O–H groups in total. The summed E-state index contributed by atoms with van der Waals surface area (Å²) in [6, 6.07) is 13.0. The van der Waals surface area contributed by atoms with E-state index in [0.29, 0.717) is 34.0 Å². The van der Waals surface area contributed by atoms with Crippen LogP contribution in [0.3, 0.4) is 0 Å². The Bertz CT molecular complexity index is 1460. The zero-order valence-corrected chi connectivity index (χ0v) is 19.4. The highest BCUT2D eigenvalue weighted by molar-refractivity contribution is 6.10. The molecule has 2 aromatic heterocycles. The van der Waals surface area contributed by atoms with Crippen molar-refractivity contribution in [3.05, 3.63) is 88.5 Å². The molecule has 35 heavy (non-hydrogen) atoms. The fourth-order valence-corrected chi connectivity index (χ4v) is 3.72. The molecular weight excluding hydrogens is 450 g/mol. The average Bonchev–Trinajstić information content (AvgIpc) is 2.89. The van der Waals surface area contributed by atoms with Crippen LogP contribution in [0.1, 0.15) is 15.9 Å². The lowest BCUT2D eigenvalue weighted by Crippen LogP contribution is -2.24. The molecule has 0 fully saturated rings. The normalized spacial score (nSPS) is 10.6. The molecule has 4 rings (SSSR count). The summed E-state index contributed by atoms with van der Waals surface area (Å²) in [6.07, 6.45) is 4.37. The summed E-state index contributed by atoms with van der Waals surface area (Å²) in [4.78, 5) is 43.2. The number of amides is 1. The summed E-state index contributed by atoms with van der Waals surface area (Å²) >= 11 is 0. The molecule has 0 saturated carbocycles. The summed E-state index contributed by atoms with van der Waals surface area (Å²) in [5.41, 5.74) is 0.811. The van der Waals surface area contributed by atoms with Crippen LogP contribution in [0.5, 0.6) is 17.2 Å². The number of carbonyl (C=O) groups excluding carboxylic acids is 2. The van der Waals surface area contributed by atoms with Gasteiger partial charge in [0, 0.05) is 35.9 Å². The van der Waals surface area contributed by atoms with E-state index >= 15 is 0 Å². The van der Waals surface area contributed by atoms with E-state index in [1.807, 2.05) is 0 Å². The number of aromatic nitrogens is 2. The Labute approximate surface area is 200 Å². The number of methoxy groups -OCH3 is 3. The number of ether oxygens (including phenoxy) is 3. The number of carbonyl (C=O) groups is 2. The van der Waals surface area contributed by atoms with Crippen molar-refractivity contribution < 1.29 is 23.8 Å². The van der Waals surface area contributed by atoms with Crippen molar-refractivity contribution in [3.63, 3.8) is 0 Å². The molecule has 0 aliphatic rings. The lowest BCUT2D eigenvalue weighted by atomic mass is 10.0. The molecule has 178 valence electrons. The number of hydrogen-bond acceptors (Lipinski definition) is 7. The van der Waals surface area contributed by atoms with Crippen molar-refractivity contribution >= 4 is 28.3 Å². The van der Waals surface area contributed by atoms with Gasteiger partial charge in [0.1, 0.15) is 12.3 Å². The van der Waals surface area contributed by atoms with Crippen LogP contribution in [0.4, 0.5) is 5.69 Å². The quantitative estimate of drug-likeness (QED) is 0.391. The van der Waals surface area contributed by atoms with E-state index in [1.165, 1.54) is 52.1 Å². The van der Waals surface area contributed by atoms with E-state index < -0.39 is 11.2 Å². The number of benzene rings is 2. The van der Waals surface area contributed by atoms with E-state index in [0.717, 1.165) is 0 Å². The van der Waals surface area contributed by atoms with Crippen LogP contribution in [0.25, 0.3) is 10.9 Å². The maximum absolute atomic E-state index is 13.2. The first-order valence-electron chi connectivity index (χ1n) is 10.6. The second-order valence-corrected chi connectivity index (χ2v) is 7.57. The van der Waals surface area contributed by atoms with E-state index in [1.54, 1.807) is 41.0 Å². The number of ketones is 1. The molecule has 1 amide bonds. The van der Waals surface area contributed by atoms with Crippen molar-refractivity contribution in [2.24, 2.45) is 0 Å². The van der Waals surface area contributed by atoms with Crippen LogP contribution in [0.15, 0.2) is 71.9 Å². The minimum Gasteiger partial charge on any atom is -0.497 e. The first-order chi connectivity index (χ1) is 16.9. The Balaban J connectivity index is 1.73. The first kappa shape index (κ1) is 23.5. The van der Waals surface area contributed by atoms with Gasteiger partial charge in [0.05, 0.1) is 37.8 Å². The van der Waals surface area contributed by atoms with Crippen molar-refractivity contribution in [1.29, 1.82) is 0 Å². The van der Waals surface area contributed by atoms with Crippen LogP contribution in [0, 0.1) is 0 Å². The highest BCUT2D eigenvalue weighted by Gasteiger charge is 2.19. The van der Waals surface area contributed by atoms with Crippen molar-refractivity contribution in [2.45, 2.75) is 6.54 Å². The average molecular weight is 473 g/mol. The molecule has 9 nitrogen and oxygen atoms in total. The highest BCUT2D eigenvalue weighted by atomic mass is 16.5. The smallest absolute Gasteiger partial charge is 0.244 e. The van der Waals surface area contributed by atoms with Crippen LogP contribution >= 0.6 is 0 Å². The molecule has 0 bridgehead atoms. The second-order valence-electron chi connectivity index (χ2n) is 7.57. The molecule has 0 saturated heterocycles. The second kappa shape index (κ2) is 10.1. The van der Waals surface area contributed by atoms with Gasteiger partial charge in [-0.25, -0.2) is 0 Å². The molecule has 0 aliphatic carbocycles. The summed E-state index contributed by atoms with van der Waals surface area (Å²) in [5, 5.41) is 3.07. The first-order valence-corrected chi connectivity index (χ1v) is 10.6. The highest BCUT2D eigenvalue weighted by Crippen LogP contribution is 2.29. The van der Waals surface area contributed by atoms with Crippen molar-refractivity contribution in [1.82, 2.24) is 9.55 Å². The summed E-state index contributed by atoms with van der Waals surface area (Å²) in [5.74, 6) is 0.641. The molecule has 2 heterocycles. The topological polar surface area (TPSA) is 109 Å². The third-order valence-corrected chi connectivity index (χ3v) is 5.46. The number of fused-ring (bicyclic) bond motifs is 1. The maximum Gasteiger partial charge on any atom is 0.244 e. The zero-order valence-electron chi connectivity index (χ0n) is 19.4. The maximum atomic E-state index is 13.2. The molecule has 0 aliphatic heterocycles. The Hall–Kier alpha value is -4.66. The third-order valence-electron chi connectivity index (χ3n) is 5.46. The molecule has 0 unspecified atom stereocenters. The predicted octanol–water partition coefficient (Wildman–Crippen LogP) is 3.29. The number of rotatable bonds is 8. The van der Waals surface area contributed by atoms with E-state index in [4.69, 9.17) is 14.2 Å². The van der Waals surface area contributed by atoms with Gasteiger partial charge < -0.3 is 24.1 Å². The van der Waals surface area contributed by atoms with Gasteiger partial charge in [-0.05, 0) is 42.5 Å². The van der Waals surface area contributed by atoms with Gasteiger partial charge in [0.25, 0.3) is 0 Å². The fraction of sp³-hybridized carbons (Fsp3) is 0.154. The lowest BCUT2D eigenvalue weighted by molar-refractivity contribution is -0.116. The molecular formula is C26H23N3O6. The van der Waals surface area contributed by atoms with Crippen molar-refractivity contribution in [2.75, 3.05) is 26.6 Å². The molecule has 0 radical (unpaired) electrons. The van der Waals surface area contributed by atoms with Crippen LogP contribution in [0.2, 0.25) is 0 Å². The van der Waals surface area contributed by atoms with Gasteiger partial charge in [-0.2, -0.15) is 0 Å². The van der Waals surface area contributed by atoms with Gasteiger partial charge in [0.2, 0.25) is 11.3 Å². The zero-order chi connectivity index (χ0) is 24.9. The number of hydrogen-bond donors (Lipinski definition) is 1. The van der Waals surface area contributed by atoms with E-state index in [-0.39, 0.29) is 23.4 Å². The third kappa shape index (κ3) is 4.84. The van der Waals surface area contributed by atoms with Gasteiger partial charge in [-0.1, -0.05) is 0 Å². The van der Waals surface area contributed by atoms with Crippen LogP contribution in [-0.2, 0) is 11.3 Å². The minimum absolute atomic E-state index is 0.0594. The standard InChI is InChI=1S/C26H23N3O6/c1-33-18-5-6-21-19(13-18)26(32)20(25(31)16-8-10-27-11-9-16)14-29(21)15-24(30)28-17-4-7-22(34-2)23(12-17)35-3/h4-14H,15H2,1-3H3,(H,28,30). The summed E-state index contributed by atoms with van der Waals surface area (Å²) < 4.78 is 17.3. The Kier molecular flexibility index (Phi) is 6.77. The summed E-state index contributed by atoms with van der Waals surface area (Å²) in [7, 11) is 4.52. The molecule has 0 spiro atoms. The Morgan fingerprint density at radius 2 is 1.66 bits per heavy atom. The molecule has 4 aromatic rings. The number of nitrogens with zero attached hydrogens (tertiary/aromatic N) is 2. The SMILES string of the molecule is COc1ccc2c(c1)c(=O)c(C(=O)c1ccncc1)cn2CC(=O)Nc1ccc(OC)c(OC)c1. The fourth-order valence-electron chi connectivity index (χ4n) is 3.72. The Morgan fingerprint density at radius 3 is 2.34 bits per heavy atom. The largest absolute Gasteiger partial charge is 0.497 e. The van der Waals surface area contributed by atoms with E-state index in [9.17, 15) is 14.4 Å². The monoisotopic (exact) mass is 473 g/mol. The van der Waals surface area contributed by atoms with Gasteiger partial charge in [-0.15, -0.1) is 0 Å².